The molecule has 0 bridgehead atoms. The van der Waals surface area contributed by atoms with Crippen molar-refractivity contribution in [1.29, 1.82) is 0 Å². The molecule has 0 unspecified atom stereocenters. The van der Waals surface area contributed by atoms with Gasteiger partial charge in [-0.1, -0.05) is 42.5 Å². The molecule has 1 aromatic carbocycles. The Kier molecular flexibility index (Phi) is 3.07. The van der Waals surface area contributed by atoms with E-state index in [0.717, 1.165) is 5.57 Å². The first-order chi connectivity index (χ1) is 6.16. The van der Waals surface area contributed by atoms with E-state index in [4.69, 9.17) is 0 Å². The summed E-state index contributed by atoms with van der Waals surface area (Å²) in [6, 6.07) is 8.39. The highest BCUT2D eigenvalue weighted by atomic mass is 14.1. The van der Waals surface area contributed by atoms with Crippen LogP contribution in [-0.2, 0) is 0 Å². The lowest BCUT2D eigenvalue weighted by molar-refractivity contribution is 1.39. The summed E-state index contributed by atoms with van der Waals surface area (Å²) in [5, 5.41) is 0. The summed E-state index contributed by atoms with van der Waals surface area (Å²) in [7, 11) is 0. The maximum atomic E-state index is 3.98. The fourth-order valence-electron chi connectivity index (χ4n) is 1.51. The Morgan fingerprint density at radius 3 is 2.38 bits per heavy atom. The standard InChI is InChI=1S/C13H16/c1-5-12(10(2)3)13-9-7-6-8-11(13)4/h5-9H,2H2,1,3-4H3/b12-5+. The molecule has 0 nitrogen and oxygen atoms in total. The van der Waals surface area contributed by atoms with Crippen LogP contribution in [0.5, 0.6) is 0 Å². The van der Waals surface area contributed by atoms with Crippen molar-refractivity contribution in [2.75, 3.05) is 0 Å². The molecule has 68 valence electrons. The zero-order chi connectivity index (χ0) is 9.84. The topological polar surface area (TPSA) is 0 Å². The van der Waals surface area contributed by atoms with E-state index < -0.39 is 0 Å². The Labute approximate surface area is 80.6 Å². The highest BCUT2D eigenvalue weighted by molar-refractivity contribution is 5.79. The minimum atomic E-state index is 1.12. The number of allylic oxidation sites excluding steroid dienone is 3. The molecule has 0 aliphatic rings. The first-order valence-electron chi connectivity index (χ1n) is 4.55. The molecule has 0 N–H and O–H groups in total. The molecule has 13 heavy (non-hydrogen) atoms. The molecule has 0 aromatic heterocycles. The van der Waals surface area contributed by atoms with Gasteiger partial charge in [-0.15, -0.1) is 0 Å². The second-order valence-electron chi connectivity index (χ2n) is 3.30. The largest absolute Gasteiger partial charge is 0.0955 e. The predicted octanol–water partition coefficient (Wildman–Crippen LogP) is 3.97. The summed E-state index contributed by atoms with van der Waals surface area (Å²) in [6.07, 6.45) is 2.12. The molecule has 0 spiro atoms. The normalized spacial score (nSPS) is 11.5. The number of hydrogen-bond acceptors (Lipinski definition) is 0. The molecular weight excluding hydrogens is 156 g/mol. The van der Waals surface area contributed by atoms with Gasteiger partial charge in [-0.05, 0) is 37.5 Å². The number of benzene rings is 1. The second kappa shape index (κ2) is 4.08. The number of rotatable bonds is 2. The van der Waals surface area contributed by atoms with Gasteiger partial charge in [0.1, 0.15) is 0 Å². The molecule has 0 radical (unpaired) electrons. The van der Waals surface area contributed by atoms with Gasteiger partial charge in [-0.3, -0.25) is 0 Å². The lowest BCUT2D eigenvalue weighted by Gasteiger charge is -2.09. The smallest absolute Gasteiger partial charge is 0.0156 e. The van der Waals surface area contributed by atoms with Crippen LogP contribution < -0.4 is 0 Å². The van der Waals surface area contributed by atoms with Gasteiger partial charge in [0.2, 0.25) is 0 Å². The van der Waals surface area contributed by atoms with Gasteiger partial charge in [0.05, 0.1) is 0 Å². The van der Waals surface area contributed by atoms with Gasteiger partial charge in [0.15, 0.2) is 0 Å². The quantitative estimate of drug-likeness (QED) is 0.592. The molecule has 0 amide bonds. The second-order valence-corrected chi connectivity index (χ2v) is 3.30. The first-order valence-corrected chi connectivity index (χ1v) is 4.55. The van der Waals surface area contributed by atoms with Crippen LogP contribution in [-0.4, -0.2) is 0 Å². The van der Waals surface area contributed by atoms with Crippen LogP contribution in [0.3, 0.4) is 0 Å². The molecule has 0 saturated carbocycles. The van der Waals surface area contributed by atoms with Crippen molar-refractivity contribution < 1.29 is 0 Å². The van der Waals surface area contributed by atoms with E-state index in [9.17, 15) is 0 Å². The van der Waals surface area contributed by atoms with E-state index in [0.29, 0.717) is 0 Å². The van der Waals surface area contributed by atoms with Crippen molar-refractivity contribution in [3.05, 3.63) is 53.6 Å². The SMILES string of the molecule is C=C(C)/C(=C\C)c1ccccc1C. The van der Waals surface area contributed by atoms with E-state index in [1.165, 1.54) is 16.7 Å². The van der Waals surface area contributed by atoms with E-state index in [1.54, 1.807) is 0 Å². The van der Waals surface area contributed by atoms with Crippen molar-refractivity contribution in [2.24, 2.45) is 0 Å². The third kappa shape index (κ3) is 2.09. The molecule has 0 fully saturated rings. The van der Waals surface area contributed by atoms with Crippen molar-refractivity contribution in [3.8, 4) is 0 Å². The van der Waals surface area contributed by atoms with Crippen LogP contribution in [0, 0.1) is 6.92 Å². The third-order valence-corrected chi connectivity index (χ3v) is 2.18. The average molecular weight is 172 g/mol. The minimum absolute atomic E-state index is 1.12. The van der Waals surface area contributed by atoms with Gasteiger partial charge in [-0.2, -0.15) is 0 Å². The van der Waals surface area contributed by atoms with Crippen molar-refractivity contribution in [1.82, 2.24) is 0 Å². The molecular formula is C13H16. The Morgan fingerprint density at radius 2 is 1.92 bits per heavy atom. The zero-order valence-electron chi connectivity index (χ0n) is 8.59. The Bertz CT molecular complexity index is 343. The first kappa shape index (κ1) is 9.79. The molecule has 0 aliphatic carbocycles. The van der Waals surface area contributed by atoms with Gasteiger partial charge >= 0.3 is 0 Å². The average Bonchev–Trinajstić information content (AvgIpc) is 2.09. The summed E-state index contributed by atoms with van der Waals surface area (Å²) in [6.45, 7) is 10.2. The Morgan fingerprint density at radius 1 is 1.31 bits per heavy atom. The van der Waals surface area contributed by atoms with Crippen LogP contribution in [0.15, 0.2) is 42.5 Å². The highest BCUT2D eigenvalue weighted by Crippen LogP contribution is 2.23. The molecule has 0 aliphatic heterocycles. The van der Waals surface area contributed by atoms with E-state index in [2.05, 4.69) is 50.8 Å². The number of hydrogen-bond donors (Lipinski definition) is 0. The summed E-state index contributed by atoms with van der Waals surface area (Å²) in [5.41, 5.74) is 4.96. The molecule has 1 aromatic rings. The van der Waals surface area contributed by atoms with Gasteiger partial charge in [0, 0.05) is 0 Å². The summed E-state index contributed by atoms with van der Waals surface area (Å²) < 4.78 is 0. The summed E-state index contributed by atoms with van der Waals surface area (Å²) in [4.78, 5) is 0. The van der Waals surface area contributed by atoms with Gasteiger partial charge < -0.3 is 0 Å². The molecule has 0 heterocycles. The summed E-state index contributed by atoms with van der Waals surface area (Å²) in [5.74, 6) is 0. The van der Waals surface area contributed by atoms with Gasteiger partial charge in [-0.25, -0.2) is 0 Å². The summed E-state index contributed by atoms with van der Waals surface area (Å²) >= 11 is 0. The van der Waals surface area contributed by atoms with Gasteiger partial charge in [0.25, 0.3) is 0 Å². The van der Waals surface area contributed by atoms with Crippen LogP contribution in [0.25, 0.3) is 5.57 Å². The third-order valence-electron chi connectivity index (χ3n) is 2.18. The maximum Gasteiger partial charge on any atom is -0.0156 e. The van der Waals surface area contributed by atoms with Crippen LogP contribution in [0.4, 0.5) is 0 Å². The van der Waals surface area contributed by atoms with Crippen LogP contribution >= 0.6 is 0 Å². The maximum absolute atomic E-state index is 3.98. The Hall–Kier alpha value is -1.30. The fraction of sp³-hybridized carbons (Fsp3) is 0.231. The van der Waals surface area contributed by atoms with Crippen molar-refractivity contribution >= 4 is 5.57 Å². The molecule has 0 heteroatoms. The highest BCUT2D eigenvalue weighted by Gasteiger charge is 2.02. The molecule has 0 saturated heterocycles. The molecule has 0 atom stereocenters. The van der Waals surface area contributed by atoms with Crippen LogP contribution in [0.1, 0.15) is 25.0 Å². The van der Waals surface area contributed by atoms with E-state index in [1.807, 2.05) is 6.92 Å². The monoisotopic (exact) mass is 172 g/mol. The molecule has 1 rings (SSSR count). The van der Waals surface area contributed by atoms with E-state index in [-0.39, 0.29) is 0 Å². The zero-order valence-corrected chi connectivity index (χ0v) is 8.59. The lowest BCUT2D eigenvalue weighted by Crippen LogP contribution is -1.88. The van der Waals surface area contributed by atoms with Crippen molar-refractivity contribution in [2.45, 2.75) is 20.8 Å². The van der Waals surface area contributed by atoms with Crippen molar-refractivity contribution in [3.63, 3.8) is 0 Å². The van der Waals surface area contributed by atoms with E-state index >= 15 is 0 Å². The number of aryl methyl sites for hydroxylation is 1. The lowest BCUT2D eigenvalue weighted by atomic mass is 9.96. The predicted molar refractivity (Wildman–Crippen MR) is 59.6 cm³/mol. The minimum Gasteiger partial charge on any atom is -0.0955 e. The van der Waals surface area contributed by atoms with Crippen LogP contribution in [0.2, 0.25) is 0 Å². The fourth-order valence-corrected chi connectivity index (χ4v) is 1.51. The Balaban J connectivity index is 3.21.